The predicted octanol–water partition coefficient (Wildman–Crippen LogP) is 1.36. The van der Waals surface area contributed by atoms with Crippen LogP contribution in [0, 0.1) is 5.92 Å². The number of carbonyl (C=O) groups is 1. The van der Waals surface area contributed by atoms with Gasteiger partial charge in [0.25, 0.3) is 0 Å². The van der Waals surface area contributed by atoms with E-state index in [1.54, 1.807) is 16.1 Å². The van der Waals surface area contributed by atoms with E-state index < -0.39 is 21.3 Å². The van der Waals surface area contributed by atoms with Crippen molar-refractivity contribution in [3.05, 3.63) is 35.9 Å². The summed E-state index contributed by atoms with van der Waals surface area (Å²) >= 11 is 1.79. The van der Waals surface area contributed by atoms with E-state index >= 15 is 0 Å². The molecule has 0 radical (unpaired) electrons. The Morgan fingerprint density at radius 2 is 1.89 bits per heavy atom. The lowest BCUT2D eigenvalue weighted by Crippen LogP contribution is -2.44. The number of rotatable bonds is 6. The van der Waals surface area contributed by atoms with Crippen molar-refractivity contribution in [3.63, 3.8) is 0 Å². The normalized spacial score (nSPS) is 28.0. The lowest BCUT2D eigenvalue weighted by Gasteiger charge is -2.28. The van der Waals surface area contributed by atoms with E-state index in [2.05, 4.69) is 10.6 Å². The average molecular weight is 410 g/mol. The van der Waals surface area contributed by atoms with Crippen LogP contribution in [0.5, 0.6) is 0 Å². The number of nitrogens with zero attached hydrogens (tertiary/aromatic N) is 1. The fraction of sp³-hybridized carbons (Fsp3) is 0.632. The van der Waals surface area contributed by atoms with Crippen LogP contribution in [0.4, 0.5) is 0 Å². The van der Waals surface area contributed by atoms with E-state index in [1.165, 1.54) is 0 Å². The molecule has 1 saturated carbocycles. The molecule has 2 heterocycles. The van der Waals surface area contributed by atoms with Gasteiger partial charge in [0.15, 0.2) is 0 Å². The molecule has 0 bridgehead atoms. The van der Waals surface area contributed by atoms with Crippen LogP contribution >= 0.6 is 11.8 Å². The molecule has 3 fully saturated rings. The quantitative estimate of drug-likeness (QED) is 0.742. The fourth-order valence-corrected chi connectivity index (χ4v) is 6.95. The van der Waals surface area contributed by atoms with Crippen molar-refractivity contribution >= 4 is 27.7 Å². The van der Waals surface area contributed by atoms with Crippen LogP contribution in [-0.4, -0.2) is 61.1 Å². The first-order valence-electron chi connectivity index (χ1n) is 9.71. The highest BCUT2D eigenvalue weighted by molar-refractivity contribution is 7.99. The molecule has 8 heteroatoms. The largest absolute Gasteiger partial charge is 0.348 e. The Morgan fingerprint density at radius 3 is 2.56 bits per heavy atom. The number of benzene rings is 1. The van der Waals surface area contributed by atoms with Gasteiger partial charge in [0.2, 0.25) is 15.9 Å². The fourth-order valence-electron chi connectivity index (χ4n) is 3.96. The zero-order valence-corrected chi connectivity index (χ0v) is 17.0. The van der Waals surface area contributed by atoms with Gasteiger partial charge in [-0.25, -0.2) is 8.42 Å². The molecule has 1 aromatic carbocycles. The maximum Gasteiger partial charge on any atom is 0.237 e. The van der Waals surface area contributed by atoms with E-state index in [4.69, 9.17) is 0 Å². The van der Waals surface area contributed by atoms with Crippen molar-refractivity contribution in [3.8, 4) is 0 Å². The Balaban J connectivity index is 1.39. The molecule has 3 atom stereocenters. The lowest BCUT2D eigenvalue weighted by atomic mass is 10.0. The smallest absolute Gasteiger partial charge is 0.237 e. The van der Waals surface area contributed by atoms with Crippen LogP contribution < -0.4 is 10.6 Å². The number of sulfonamides is 1. The second kappa shape index (κ2) is 8.11. The van der Waals surface area contributed by atoms with Gasteiger partial charge in [-0.15, -0.1) is 0 Å². The molecule has 4 rings (SSSR count). The first-order valence-corrected chi connectivity index (χ1v) is 12.4. The molecule has 0 aromatic heterocycles. The first kappa shape index (κ1) is 19.2. The van der Waals surface area contributed by atoms with Gasteiger partial charge in [-0.05, 0) is 30.7 Å². The van der Waals surface area contributed by atoms with Gasteiger partial charge in [-0.2, -0.15) is 16.1 Å². The molecule has 27 heavy (non-hydrogen) atoms. The molecular weight excluding hydrogens is 382 g/mol. The molecule has 3 unspecified atom stereocenters. The summed E-state index contributed by atoms with van der Waals surface area (Å²) in [6.07, 6.45) is 2.60. The minimum atomic E-state index is -3.34. The second-order valence-electron chi connectivity index (χ2n) is 7.61. The molecule has 1 amide bonds. The molecular formula is C19H27N3O3S2. The summed E-state index contributed by atoms with van der Waals surface area (Å²) in [4.78, 5) is 12.8. The van der Waals surface area contributed by atoms with Crippen molar-refractivity contribution in [2.45, 2.75) is 36.6 Å². The molecule has 148 valence electrons. The summed E-state index contributed by atoms with van der Waals surface area (Å²) in [6.45, 7) is 1.51. The van der Waals surface area contributed by atoms with Crippen molar-refractivity contribution in [1.29, 1.82) is 0 Å². The third-order valence-electron chi connectivity index (χ3n) is 5.71. The van der Waals surface area contributed by atoms with E-state index in [1.807, 2.05) is 30.3 Å². The van der Waals surface area contributed by atoms with Crippen molar-refractivity contribution in [2.75, 3.05) is 31.1 Å². The molecule has 3 aliphatic rings. The zero-order valence-electron chi connectivity index (χ0n) is 15.3. The molecule has 1 aliphatic carbocycles. The van der Waals surface area contributed by atoms with Gasteiger partial charge in [-0.1, -0.05) is 30.3 Å². The number of amides is 1. The molecule has 2 saturated heterocycles. The Morgan fingerprint density at radius 1 is 1.19 bits per heavy atom. The molecule has 1 aromatic rings. The van der Waals surface area contributed by atoms with Crippen LogP contribution in [0.2, 0.25) is 0 Å². The molecule has 6 nitrogen and oxygen atoms in total. The van der Waals surface area contributed by atoms with Gasteiger partial charge < -0.3 is 10.6 Å². The molecule has 0 spiro atoms. The van der Waals surface area contributed by atoms with Gasteiger partial charge in [-0.3, -0.25) is 4.79 Å². The number of nitrogens with one attached hydrogen (secondary N) is 2. The first-order chi connectivity index (χ1) is 13.1. The van der Waals surface area contributed by atoms with E-state index in [9.17, 15) is 13.2 Å². The van der Waals surface area contributed by atoms with Crippen molar-refractivity contribution in [1.82, 2.24) is 14.9 Å². The van der Waals surface area contributed by atoms with Gasteiger partial charge in [0.05, 0.1) is 17.3 Å². The van der Waals surface area contributed by atoms with Crippen molar-refractivity contribution < 1.29 is 13.2 Å². The minimum absolute atomic E-state index is 0.0234. The number of thioether (sulfide) groups is 1. The van der Waals surface area contributed by atoms with Crippen LogP contribution in [-0.2, 0) is 14.8 Å². The molecule has 2 aliphatic heterocycles. The van der Waals surface area contributed by atoms with Crippen LogP contribution in [0.1, 0.15) is 30.9 Å². The highest BCUT2D eigenvalue weighted by Crippen LogP contribution is 2.41. The van der Waals surface area contributed by atoms with Gasteiger partial charge in [0.1, 0.15) is 0 Å². The summed E-state index contributed by atoms with van der Waals surface area (Å²) in [6, 6.07) is 9.64. The monoisotopic (exact) mass is 409 g/mol. The standard InChI is InChI=1S/C19H27N3O3S2/c23-19(21-18(15-6-7-15)14-4-2-1-3-5-14)17-12-16(13-20-17)27(24,25)22-8-10-26-11-9-22/h1-5,15-18,20H,6-13H2,(H,21,23). The minimum Gasteiger partial charge on any atom is -0.348 e. The maximum absolute atomic E-state index is 12.9. The van der Waals surface area contributed by atoms with Crippen molar-refractivity contribution in [2.24, 2.45) is 5.92 Å². The summed E-state index contributed by atoms with van der Waals surface area (Å²) < 4.78 is 27.3. The van der Waals surface area contributed by atoms with Crippen LogP contribution in [0.3, 0.4) is 0 Å². The topological polar surface area (TPSA) is 78.5 Å². The Bertz CT molecular complexity index is 762. The highest BCUT2D eigenvalue weighted by Gasteiger charge is 2.42. The lowest BCUT2D eigenvalue weighted by molar-refractivity contribution is -0.123. The predicted molar refractivity (Wildman–Crippen MR) is 108 cm³/mol. The Kier molecular flexibility index (Phi) is 5.78. The van der Waals surface area contributed by atoms with Gasteiger partial charge in [0, 0.05) is 31.1 Å². The second-order valence-corrected chi connectivity index (χ2v) is 11.0. The summed E-state index contributed by atoms with van der Waals surface area (Å²) in [5, 5.41) is 5.81. The number of carbonyl (C=O) groups excluding carboxylic acids is 1. The van der Waals surface area contributed by atoms with E-state index in [-0.39, 0.29) is 11.9 Å². The SMILES string of the molecule is O=C(NC(c1ccccc1)C1CC1)C1CC(S(=O)(=O)N2CCSCC2)CN1. The van der Waals surface area contributed by atoms with E-state index in [0.29, 0.717) is 32.0 Å². The Labute approximate surface area is 165 Å². The summed E-state index contributed by atoms with van der Waals surface area (Å²) in [5.74, 6) is 2.11. The highest BCUT2D eigenvalue weighted by atomic mass is 32.2. The van der Waals surface area contributed by atoms with Crippen LogP contribution in [0.25, 0.3) is 0 Å². The third-order valence-corrected chi connectivity index (χ3v) is 8.94. The molecule has 2 N–H and O–H groups in total. The summed E-state index contributed by atoms with van der Waals surface area (Å²) in [5.41, 5.74) is 1.13. The van der Waals surface area contributed by atoms with E-state index in [0.717, 1.165) is 29.9 Å². The average Bonchev–Trinajstić information content (AvgIpc) is 3.41. The zero-order chi connectivity index (χ0) is 18.9. The summed E-state index contributed by atoms with van der Waals surface area (Å²) in [7, 11) is -3.34. The maximum atomic E-state index is 12.9. The number of hydrogen-bond acceptors (Lipinski definition) is 5. The number of hydrogen-bond donors (Lipinski definition) is 2. The Hall–Kier alpha value is -1.09. The van der Waals surface area contributed by atoms with Gasteiger partial charge >= 0.3 is 0 Å². The third kappa shape index (κ3) is 4.34. The van der Waals surface area contributed by atoms with Crippen LogP contribution in [0.15, 0.2) is 30.3 Å².